The molecule has 1 rings (SSSR count). The second-order valence-electron chi connectivity index (χ2n) is 3.32. The molecule has 1 aromatic carbocycles. The summed E-state index contributed by atoms with van der Waals surface area (Å²) in [5, 5.41) is 9.41. The molecule has 0 heterocycles. The van der Waals surface area contributed by atoms with E-state index in [0.29, 0.717) is 13.0 Å². The first-order valence-corrected chi connectivity index (χ1v) is 5.35. The van der Waals surface area contributed by atoms with Crippen molar-refractivity contribution in [2.75, 3.05) is 6.61 Å². The number of esters is 1. The Hall–Kier alpha value is -1.77. The predicted molar refractivity (Wildman–Crippen MR) is 62.4 cm³/mol. The average Bonchev–Trinajstić information content (AvgIpc) is 2.29. The van der Waals surface area contributed by atoms with Crippen LogP contribution in [0.3, 0.4) is 0 Å². The summed E-state index contributed by atoms with van der Waals surface area (Å²) in [5.41, 5.74) is 0.210. The van der Waals surface area contributed by atoms with Crippen molar-refractivity contribution in [1.29, 1.82) is 0 Å². The lowest BCUT2D eigenvalue weighted by Gasteiger charge is -2.04. The van der Waals surface area contributed by atoms with Crippen LogP contribution < -0.4 is 0 Å². The highest BCUT2D eigenvalue weighted by atomic mass is 16.5. The van der Waals surface area contributed by atoms with E-state index in [1.165, 1.54) is 6.07 Å². The molecule has 0 aliphatic rings. The third kappa shape index (κ3) is 3.77. The lowest BCUT2D eigenvalue weighted by Crippen LogP contribution is -2.06. The number of hydrogen-bond donors (Lipinski definition) is 1. The Morgan fingerprint density at radius 3 is 2.81 bits per heavy atom. The lowest BCUT2D eigenvalue weighted by atomic mass is 10.2. The summed E-state index contributed by atoms with van der Waals surface area (Å²) in [6.07, 6.45) is 5.67. The van der Waals surface area contributed by atoms with Gasteiger partial charge in [0.05, 0.1) is 6.61 Å². The second kappa shape index (κ2) is 6.67. The third-order valence-electron chi connectivity index (χ3n) is 2.04. The van der Waals surface area contributed by atoms with Crippen LogP contribution in [0.4, 0.5) is 0 Å². The maximum Gasteiger partial charge on any atom is 0.341 e. The van der Waals surface area contributed by atoms with Crippen LogP contribution in [-0.2, 0) is 4.74 Å². The number of phenols is 1. The van der Waals surface area contributed by atoms with Gasteiger partial charge in [-0.3, -0.25) is 0 Å². The number of hydrogen-bond acceptors (Lipinski definition) is 3. The highest BCUT2D eigenvalue weighted by molar-refractivity contribution is 5.92. The summed E-state index contributed by atoms with van der Waals surface area (Å²) in [6.45, 7) is 2.38. The fraction of sp³-hybridized carbons (Fsp3) is 0.308. The molecule has 3 nitrogen and oxygen atoms in total. The van der Waals surface area contributed by atoms with Crippen LogP contribution in [0.5, 0.6) is 5.75 Å². The van der Waals surface area contributed by atoms with E-state index in [2.05, 4.69) is 0 Å². The van der Waals surface area contributed by atoms with Gasteiger partial charge in [0.2, 0.25) is 0 Å². The van der Waals surface area contributed by atoms with E-state index in [1.54, 1.807) is 18.2 Å². The zero-order chi connectivity index (χ0) is 11.8. The van der Waals surface area contributed by atoms with E-state index in [1.807, 2.05) is 19.1 Å². The first-order valence-electron chi connectivity index (χ1n) is 5.35. The van der Waals surface area contributed by atoms with Gasteiger partial charge in [-0.05, 0) is 25.0 Å². The van der Waals surface area contributed by atoms with Gasteiger partial charge in [0.15, 0.2) is 0 Å². The van der Waals surface area contributed by atoms with Crippen molar-refractivity contribution in [3.8, 4) is 5.75 Å². The van der Waals surface area contributed by atoms with Crippen molar-refractivity contribution < 1.29 is 14.6 Å². The Kier molecular flexibility index (Phi) is 5.12. The minimum Gasteiger partial charge on any atom is -0.507 e. The number of phenolic OH excluding ortho intramolecular Hbond substituents is 1. The monoisotopic (exact) mass is 220 g/mol. The molecule has 16 heavy (non-hydrogen) atoms. The normalized spacial score (nSPS) is 10.6. The molecule has 0 aliphatic heterocycles. The average molecular weight is 220 g/mol. The minimum atomic E-state index is -0.483. The van der Waals surface area contributed by atoms with Crippen LogP contribution in [0, 0.1) is 0 Å². The van der Waals surface area contributed by atoms with Gasteiger partial charge in [-0.25, -0.2) is 4.79 Å². The van der Waals surface area contributed by atoms with Crippen LogP contribution in [0.15, 0.2) is 36.4 Å². The number of aromatic hydroxyl groups is 1. The number of rotatable bonds is 5. The molecule has 0 saturated heterocycles. The van der Waals surface area contributed by atoms with E-state index in [-0.39, 0.29) is 11.3 Å². The summed E-state index contributed by atoms with van der Waals surface area (Å²) >= 11 is 0. The molecule has 0 aliphatic carbocycles. The molecule has 86 valence electrons. The van der Waals surface area contributed by atoms with E-state index in [4.69, 9.17) is 4.74 Å². The summed E-state index contributed by atoms with van der Waals surface area (Å²) in [7, 11) is 0. The van der Waals surface area contributed by atoms with Gasteiger partial charge in [-0.15, -0.1) is 0 Å². The first kappa shape index (κ1) is 12.3. The largest absolute Gasteiger partial charge is 0.507 e. The lowest BCUT2D eigenvalue weighted by molar-refractivity contribution is 0.0508. The Labute approximate surface area is 95.4 Å². The van der Waals surface area contributed by atoms with Crippen LogP contribution in [0.1, 0.15) is 30.1 Å². The fourth-order valence-electron chi connectivity index (χ4n) is 1.23. The molecule has 0 bridgehead atoms. The molecule has 0 unspecified atom stereocenters. The summed E-state index contributed by atoms with van der Waals surface area (Å²) in [5.74, 6) is -0.528. The standard InChI is InChI=1S/C13H16O3/c1-2-3-4-7-10-16-13(15)11-8-5-6-9-12(11)14/h3-6,8-9,14H,2,7,10H2,1H3/b4-3-. The van der Waals surface area contributed by atoms with Crippen LogP contribution >= 0.6 is 0 Å². The maximum absolute atomic E-state index is 11.5. The van der Waals surface area contributed by atoms with Gasteiger partial charge in [-0.1, -0.05) is 31.2 Å². The Morgan fingerprint density at radius 2 is 2.12 bits per heavy atom. The van der Waals surface area contributed by atoms with Crippen LogP contribution in [0.2, 0.25) is 0 Å². The summed E-state index contributed by atoms with van der Waals surface area (Å²) in [6, 6.07) is 6.36. The maximum atomic E-state index is 11.5. The van der Waals surface area contributed by atoms with Crippen molar-refractivity contribution in [3.63, 3.8) is 0 Å². The van der Waals surface area contributed by atoms with E-state index in [0.717, 1.165) is 6.42 Å². The van der Waals surface area contributed by atoms with Gasteiger partial charge >= 0.3 is 5.97 Å². The SMILES string of the molecule is CC/C=C\CCOC(=O)c1ccccc1O. The number of carbonyl (C=O) groups excluding carboxylic acids is 1. The van der Waals surface area contributed by atoms with Gasteiger partial charge in [-0.2, -0.15) is 0 Å². The third-order valence-corrected chi connectivity index (χ3v) is 2.04. The number of carbonyl (C=O) groups is 1. The Morgan fingerprint density at radius 1 is 1.38 bits per heavy atom. The van der Waals surface area contributed by atoms with E-state index >= 15 is 0 Å². The second-order valence-corrected chi connectivity index (χ2v) is 3.32. The van der Waals surface area contributed by atoms with Crippen molar-refractivity contribution >= 4 is 5.97 Å². The zero-order valence-corrected chi connectivity index (χ0v) is 9.35. The molecule has 0 atom stereocenters. The molecule has 0 aromatic heterocycles. The van der Waals surface area contributed by atoms with E-state index in [9.17, 15) is 9.90 Å². The van der Waals surface area contributed by atoms with Gasteiger partial charge < -0.3 is 9.84 Å². The van der Waals surface area contributed by atoms with Crippen molar-refractivity contribution in [2.24, 2.45) is 0 Å². The fourth-order valence-corrected chi connectivity index (χ4v) is 1.23. The van der Waals surface area contributed by atoms with Crippen LogP contribution in [-0.4, -0.2) is 17.7 Å². The molecule has 1 N–H and O–H groups in total. The molecule has 0 radical (unpaired) electrons. The van der Waals surface area contributed by atoms with Crippen molar-refractivity contribution in [1.82, 2.24) is 0 Å². The predicted octanol–water partition coefficient (Wildman–Crippen LogP) is 2.91. The molecule has 0 spiro atoms. The van der Waals surface area contributed by atoms with Crippen molar-refractivity contribution in [3.05, 3.63) is 42.0 Å². The molecule has 0 fully saturated rings. The molecular weight excluding hydrogens is 204 g/mol. The zero-order valence-electron chi connectivity index (χ0n) is 9.35. The van der Waals surface area contributed by atoms with Gasteiger partial charge in [0, 0.05) is 0 Å². The smallest absolute Gasteiger partial charge is 0.341 e. The van der Waals surface area contributed by atoms with Gasteiger partial charge in [0.1, 0.15) is 11.3 Å². The highest BCUT2D eigenvalue weighted by Gasteiger charge is 2.10. The molecule has 3 heteroatoms. The minimum absolute atomic E-state index is 0.0448. The topological polar surface area (TPSA) is 46.5 Å². The number of ether oxygens (including phenoxy) is 1. The number of para-hydroxylation sites is 1. The first-order chi connectivity index (χ1) is 7.75. The molecule has 0 saturated carbocycles. The number of allylic oxidation sites excluding steroid dienone is 1. The van der Waals surface area contributed by atoms with E-state index < -0.39 is 5.97 Å². The Balaban J connectivity index is 2.41. The highest BCUT2D eigenvalue weighted by Crippen LogP contribution is 2.16. The summed E-state index contributed by atoms with van der Waals surface area (Å²) in [4.78, 5) is 11.5. The van der Waals surface area contributed by atoms with Gasteiger partial charge in [0.25, 0.3) is 0 Å². The summed E-state index contributed by atoms with van der Waals surface area (Å²) < 4.78 is 5.01. The number of benzene rings is 1. The molecule has 1 aromatic rings. The Bertz CT molecular complexity index is 369. The molecular formula is C13H16O3. The quantitative estimate of drug-likeness (QED) is 0.471. The van der Waals surface area contributed by atoms with Crippen molar-refractivity contribution in [2.45, 2.75) is 19.8 Å². The molecule has 0 amide bonds. The van der Waals surface area contributed by atoms with Crippen LogP contribution in [0.25, 0.3) is 0 Å².